The minimum Gasteiger partial charge on any atom is -0.493 e. The normalized spacial score (nSPS) is 14.5. The Kier molecular flexibility index (Phi) is 9.13. The van der Waals surface area contributed by atoms with E-state index < -0.39 is 12.0 Å². The molecule has 218 valence electrons. The molecule has 10 heteroatoms. The Morgan fingerprint density at radius 1 is 1.14 bits per heavy atom. The van der Waals surface area contributed by atoms with Gasteiger partial charge in [-0.05, 0) is 84.8 Å². The summed E-state index contributed by atoms with van der Waals surface area (Å²) in [5, 5.41) is 9.10. The van der Waals surface area contributed by atoms with Crippen LogP contribution in [0.15, 0.2) is 81.7 Å². The molecule has 0 unspecified atom stereocenters. The average molecular weight is 706 g/mol. The van der Waals surface area contributed by atoms with Crippen LogP contribution in [0.4, 0.5) is 0 Å². The number of hydrogen-bond donors (Lipinski definition) is 0. The van der Waals surface area contributed by atoms with Crippen LogP contribution in [-0.2, 0) is 16.1 Å². The quantitative estimate of drug-likeness (QED) is 0.185. The van der Waals surface area contributed by atoms with Gasteiger partial charge in [-0.15, -0.1) is 0 Å². The van der Waals surface area contributed by atoms with Gasteiger partial charge >= 0.3 is 5.97 Å². The minimum atomic E-state index is -0.685. The van der Waals surface area contributed by atoms with E-state index in [1.54, 1.807) is 43.7 Å². The van der Waals surface area contributed by atoms with Crippen LogP contribution in [0.2, 0.25) is 0 Å². The predicted molar refractivity (Wildman–Crippen MR) is 173 cm³/mol. The highest BCUT2D eigenvalue weighted by molar-refractivity contribution is 14.1. The van der Waals surface area contributed by atoms with Gasteiger partial charge in [0.25, 0.3) is 5.56 Å². The summed E-state index contributed by atoms with van der Waals surface area (Å²) in [6, 6.07) is 20.1. The van der Waals surface area contributed by atoms with E-state index in [2.05, 4.69) is 33.7 Å². The van der Waals surface area contributed by atoms with Gasteiger partial charge in [0.1, 0.15) is 6.61 Å². The molecule has 2 heterocycles. The zero-order valence-corrected chi connectivity index (χ0v) is 27.0. The fourth-order valence-electron chi connectivity index (χ4n) is 4.83. The number of halogens is 1. The number of allylic oxidation sites excluding steroid dienone is 1. The highest BCUT2D eigenvalue weighted by atomic mass is 127. The van der Waals surface area contributed by atoms with Crippen molar-refractivity contribution in [1.29, 1.82) is 5.26 Å². The van der Waals surface area contributed by atoms with Gasteiger partial charge in [-0.1, -0.05) is 53.3 Å². The van der Waals surface area contributed by atoms with Crippen LogP contribution in [0.1, 0.15) is 47.7 Å². The lowest BCUT2D eigenvalue weighted by Gasteiger charge is -2.24. The highest BCUT2D eigenvalue weighted by Gasteiger charge is 2.33. The lowest BCUT2D eigenvalue weighted by molar-refractivity contribution is -0.139. The summed E-state index contributed by atoms with van der Waals surface area (Å²) < 4.78 is 20.2. The number of ether oxygens (including phenoxy) is 3. The van der Waals surface area contributed by atoms with Crippen molar-refractivity contribution in [2.75, 3.05) is 13.7 Å². The van der Waals surface area contributed by atoms with E-state index in [9.17, 15) is 9.59 Å². The lowest BCUT2D eigenvalue weighted by atomic mass is 9.95. The second kappa shape index (κ2) is 13.0. The first kappa shape index (κ1) is 30.3. The molecule has 0 spiro atoms. The van der Waals surface area contributed by atoms with Gasteiger partial charge in [0.05, 0.1) is 47.2 Å². The third kappa shape index (κ3) is 6.28. The van der Waals surface area contributed by atoms with Gasteiger partial charge in [0.15, 0.2) is 16.3 Å². The number of aromatic nitrogens is 1. The molecule has 1 aromatic heterocycles. The number of methoxy groups -OCH3 is 1. The van der Waals surface area contributed by atoms with E-state index in [0.717, 1.165) is 20.3 Å². The molecule has 3 aromatic carbocycles. The maximum Gasteiger partial charge on any atom is 0.338 e. The molecule has 1 aliphatic heterocycles. The standard InChI is InChI=1S/C33H28IN3O5S/c1-5-41-32(39)28-20(3)36-33-37(29(28)23-12-6-19(2)7-13-23)31(38)27(43-33)15-24-14-25(34)16-26(40-4)30(24)42-18-22-10-8-21(17-35)9-11-22/h6-16,29H,5,18H2,1-4H3/b27-15-/t29-/m1/s1. The summed E-state index contributed by atoms with van der Waals surface area (Å²) >= 11 is 3.45. The maximum absolute atomic E-state index is 14.1. The van der Waals surface area contributed by atoms with E-state index in [-0.39, 0.29) is 18.8 Å². The first-order valence-corrected chi connectivity index (χ1v) is 15.4. The van der Waals surface area contributed by atoms with Crippen LogP contribution in [0.3, 0.4) is 0 Å². The molecule has 0 N–H and O–H groups in total. The van der Waals surface area contributed by atoms with Gasteiger partial charge < -0.3 is 14.2 Å². The summed E-state index contributed by atoms with van der Waals surface area (Å²) in [6.07, 6.45) is 1.78. The van der Waals surface area contributed by atoms with Gasteiger partial charge in [-0.3, -0.25) is 9.36 Å². The van der Waals surface area contributed by atoms with Crippen molar-refractivity contribution in [3.05, 3.63) is 123 Å². The molecule has 43 heavy (non-hydrogen) atoms. The fourth-order valence-corrected chi connectivity index (χ4v) is 6.49. The first-order valence-electron chi connectivity index (χ1n) is 13.5. The zero-order chi connectivity index (χ0) is 30.7. The summed E-state index contributed by atoms with van der Waals surface area (Å²) in [7, 11) is 1.57. The molecule has 0 aliphatic carbocycles. The lowest BCUT2D eigenvalue weighted by Crippen LogP contribution is -2.39. The second-order valence-electron chi connectivity index (χ2n) is 9.84. The van der Waals surface area contributed by atoms with Gasteiger partial charge in [0.2, 0.25) is 0 Å². The monoisotopic (exact) mass is 705 g/mol. The molecule has 1 aliphatic rings. The number of esters is 1. The summed E-state index contributed by atoms with van der Waals surface area (Å²) in [5.74, 6) is 0.513. The van der Waals surface area contributed by atoms with Crippen LogP contribution in [-0.4, -0.2) is 24.3 Å². The van der Waals surface area contributed by atoms with E-state index >= 15 is 0 Å². The zero-order valence-electron chi connectivity index (χ0n) is 24.0. The minimum absolute atomic E-state index is 0.209. The Bertz CT molecular complexity index is 1950. The van der Waals surface area contributed by atoms with Crippen LogP contribution in [0.25, 0.3) is 6.08 Å². The van der Waals surface area contributed by atoms with Crippen LogP contribution in [0.5, 0.6) is 11.5 Å². The van der Waals surface area contributed by atoms with Crippen LogP contribution in [0, 0.1) is 21.8 Å². The number of rotatable bonds is 8. The summed E-state index contributed by atoms with van der Waals surface area (Å²) in [5.41, 5.74) is 4.54. The predicted octanol–water partition coefficient (Wildman–Crippen LogP) is 5.17. The number of fused-ring (bicyclic) bond motifs is 1. The molecule has 8 nitrogen and oxygen atoms in total. The molecule has 1 atom stereocenters. The van der Waals surface area contributed by atoms with Crippen LogP contribution >= 0.6 is 33.9 Å². The van der Waals surface area contributed by atoms with Crippen molar-refractivity contribution in [3.63, 3.8) is 0 Å². The summed E-state index contributed by atoms with van der Waals surface area (Å²) in [4.78, 5) is 32.4. The smallest absolute Gasteiger partial charge is 0.338 e. The number of benzene rings is 3. The fraction of sp³-hybridized carbons (Fsp3) is 0.212. The van der Waals surface area contributed by atoms with Gasteiger partial charge in [-0.2, -0.15) is 5.26 Å². The Morgan fingerprint density at radius 2 is 1.86 bits per heavy atom. The van der Waals surface area contributed by atoms with E-state index in [1.807, 2.05) is 55.5 Å². The average Bonchev–Trinajstić information content (AvgIpc) is 3.30. The summed E-state index contributed by atoms with van der Waals surface area (Å²) in [6.45, 7) is 5.95. The molecule has 0 bridgehead atoms. The van der Waals surface area contributed by atoms with Crippen LogP contribution < -0.4 is 24.4 Å². The third-order valence-corrected chi connectivity index (χ3v) is 8.54. The van der Waals surface area contributed by atoms with Crippen molar-refractivity contribution in [2.45, 2.75) is 33.4 Å². The van der Waals surface area contributed by atoms with Crippen molar-refractivity contribution in [2.24, 2.45) is 4.99 Å². The molecule has 0 saturated heterocycles. The number of aryl methyl sites for hydroxylation is 1. The van der Waals surface area contributed by atoms with E-state index in [1.165, 1.54) is 11.3 Å². The number of nitriles is 1. The largest absolute Gasteiger partial charge is 0.493 e. The topological polar surface area (TPSA) is 103 Å². The number of hydrogen-bond acceptors (Lipinski definition) is 8. The van der Waals surface area contributed by atoms with Crippen molar-refractivity contribution in [1.82, 2.24) is 4.57 Å². The molecule has 0 saturated carbocycles. The van der Waals surface area contributed by atoms with E-state index in [0.29, 0.717) is 43.2 Å². The Hall–Kier alpha value is -4.21. The molecule has 0 fully saturated rings. The Balaban J connectivity index is 1.64. The number of thiazole rings is 1. The van der Waals surface area contributed by atoms with Crippen molar-refractivity contribution >= 4 is 46.0 Å². The number of carbonyl (C=O) groups is 1. The molecule has 5 rings (SSSR count). The highest BCUT2D eigenvalue weighted by Crippen LogP contribution is 2.35. The second-order valence-corrected chi connectivity index (χ2v) is 12.1. The molecular formula is C33H28IN3O5S. The third-order valence-electron chi connectivity index (χ3n) is 6.93. The van der Waals surface area contributed by atoms with Gasteiger partial charge in [0, 0.05) is 9.13 Å². The molecular weight excluding hydrogens is 677 g/mol. The molecule has 0 radical (unpaired) electrons. The van der Waals surface area contributed by atoms with Crippen molar-refractivity contribution in [3.8, 4) is 17.6 Å². The Morgan fingerprint density at radius 3 is 2.51 bits per heavy atom. The SMILES string of the molecule is CCOC(=O)C1=C(C)N=c2s/c(=C\c3cc(I)cc(OC)c3OCc3ccc(C#N)cc3)c(=O)n2[C@@H]1c1ccc(C)cc1. The molecule has 0 amide bonds. The number of nitrogens with zero attached hydrogens (tertiary/aromatic N) is 3. The molecule has 4 aromatic rings. The maximum atomic E-state index is 14.1. The van der Waals surface area contributed by atoms with Gasteiger partial charge in [-0.25, -0.2) is 9.79 Å². The van der Waals surface area contributed by atoms with Crippen molar-refractivity contribution < 1.29 is 19.0 Å². The first-order chi connectivity index (χ1) is 20.7. The number of carbonyl (C=O) groups excluding carboxylic acids is 1. The van der Waals surface area contributed by atoms with E-state index in [4.69, 9.17) is 19.5 Å². The Labute approximate surface area is 266 Å².